The number of nitrogens with two attached hydrogens (primary N) is 1. The van der Waals surface area contributed by atoms with Crippen molar-refractivity contribution in [2.75, 3.05) is 0 Å². The molecule has 0 unspecified atom stereocenters. The van der Waals surface area contributed by atoms with Crippen molar-refractivity contribution in [1.29, 1.82) is 0 Å². The van der Waals surface area contributed by atoms with Crippen LogP contribution in [0.5, 0.6) is 0 Å². The quantitative estimate of drug-likeness (QED) is 0.780. The second-order valence-corrected chi connectivity index (χ2v) is 5.00. The highest BCUT2D eigenvalue weighted by atomic mass is 32.1. The molecule has 0 aromatic heterocycles. The summed E-state index contributed by atoms with van der Waals surface area (Å²) in [7, 11) is 0. The molecule has 0 bridgehead atoms. The zero-order valence-electron chi connectivity index (χ0n) is 9.53. The molecule has 0 spiro atoms. The van der Waals surface area contributed by atoms with E-state index in [1.165, 1.54) is 5.56 Å². The molecular weight excluding hydrogens is 204 g/mol. The molecule has 0 aliphatic carbocycles. The molecular formula is C12H18N2S. The Balaban J connectivity index is 2.82. The molecule has 2 N–H and O–H groups in total. The molecule has 0 aliphatic heterocycles. The smallest absolute Gasteiger partial charge is 0.167 e. The molecule has 0 saturated carbocycles. The van der Waals surface area contributed by atoms with Crippen molar-refractivity contribution in [3.8, 4) is 0 Å². The topological polar surface area (TPSA) is 29.3 Å². The van der Waals surface area contributed by atoms with E-state index in [1.54, 1.807) is 0 Å². The van der Waals surface area contributed by atoms with Crippen LogP contribution in [0.4, 0.5) is 0 Å². The lowest BCUT2D eigenvalue weighted by Gasteiger charge is -2.36. The normalized spacial score (nSPS) is 11.1. The van der Waals surface area contributed by atoms with Crippen LogP contribution in [-0.4, -0.2) is 15.6 Å². The van der Waals surface area contributed by atoms with Gasteiger partial charge >= 0.3 is 0 Å². The molecule has 0 heterocycles. The van der Waals surface area contributed by atoms with Gasteiger partial charge in [-0.3, -0.25) is 0 Å². The van der Waals surface area contributed by atoms with E-state index < -0.39 is 0 Å². The fourth-order valence-corrected chi connectivity index (χ4v) is 1.75. The van der Waals surface area contributed by atoms with Gasteiger partial charge in [-0.05, 0) is 38.6 Å². The highest BCUT2D eigenvalue weighted by Gasteiger charge is 2.22. The average Bonchev–Trinajstić information content (AvgIpc) is 2.13. The third-order valence-electron chi connectivity index (χ3n) is 2.26. The van der Waals surface area contributed by atoms with Crippen molar-refractivity contribution < 1.29 is 0 Å². The Morgan fingerprint density at radius 1 is 1.27 bits per heavy atom. The van der Waals surface area contributed by atoms with Crippen LogP contribution >= 0.6 is 12.2 Å². The molecule has 0 saturated heterocycles. The van der Waals surface area contributed by atoms with Gasteiger partial charge in [-0.1, -0.05) is 30.3 Å². The summed E-state index contributed by atoms with van der Waals surface area (Å²) < 4.78 is 0. The van der Waals surface area contributed by atoms with Crippen molar-refractivity contribution in [2.45, 2.75) is 32.9 Å². The van der Waals surface area contributed by atoms with E-state index in [0.717, 1.165) is 6.54 Å². The van der Waals surface area contributed by atoms with Crippen LogP contribution in [0, 0.1) is 0 Å². The van der Waals surface area contributed by atoms with Gasteiger partial charge in [0.1, 0.15) is 0 Å². The minimum atomic E-state index is -0.0400. The summed E-state index contributed by atoms with van der Waals surface area (Å²) in [5.74, 6) is 0. The molecule has 82 valence electrons. The van der Waals surface area contributed by atoms with Crippen LogP contribution in [0.1, 0.15) is 26.3 Å². The van der Waals surface area contributed by atoms with Crippen LogP contribution in [0.2, 0.25) is 0 Å². The van der Waals surface area contributed by atoms with Crippen LogP contribution < -0.4 is 5.73 Å². The maximum absolute atomic E-state index is 5.73. The first kappa shape index (κ1) is 12.0. The van der Waals surface area contributed by atoms with Gasteiger partial charge in [0.2, 0.25) is 0 Å². The van der Waals surface area contributed by atoms with Crippen molar-refractivity contribution in [2.24, 2.45) is 5.73 Å². The van der Waals surface area contributed by atoms with E-state index in [1.807, 2.05) is 23.1 Å². The molecule has 0 radical (unpaired) electrons. The van der Waals surface area contributed by atoms with Crippen molar-refractivity contribution in [1.82, 2.24) is 4.90 Å². The lowest BCUT2D eigenvalue weighted by molar-refractivity contribution is 0.231. The summed E-state index contributed by atoms with van der Waals surface area (Å²) in [5.41, 5.74) is 6.91. The summed E-state index contributed by atoms with van der Waals surface area (Å²) in [6, 6.07) is 10.2. The number of rotatable bonds is 2. The first-order valence-electron chi connectivity index (χ1n) is 5.02. The first-order valence-corrected chi connectivity index (χ1v) is 5.43. The van der Waals surface area contributed by atoms with Gasteiger partial charge in [-0.25, -0.2) is 0 Å². The van der Waals surface area contributed by atoms with E-state index in [-0.39, 0.29) is 5.54 Å². The maximum Gasteiger partial charge on any atom is 0.167 e. The molecule has 1 aromatic carbocycles. The summed E-state index contributed by atoms with van der Waals surface area (Å²) in [4.78, 5) is 2.03. The summed E-state index contributed by atoms with van der Waals surface area (Å²) in [6.45, 7) is 7.08. The van der Waals surface area contributed by atoms with Crippen LogP contribution in [0.15, 0.2) is 30.3 Å². The largest absolute Gasteiger partial charge is 0.376 e. The van der Waals surface area contributed by atoms with Gasteiger partial charge in [-0.2, -0.15) is 0 Å². The molecule has 0 fully saturated rings. The van der Waals surface area contributed by atoms with Gasteiger partial charge < -0.3 is 10.6 Å². The second kappa shape index (κ2) is 4.62. The van der Waals surface area contributed by atoms with Crippen LogP contribution in [0.3, 0.4) is 0 Å². The molecule has 1 rings (SSSR count). The molecule has 1 aromatic rings. The van der Waals surface area contributed by atoms with Crippen molar-refractivity contribution in [3.63, 3.8) is 0 Å². The van der Waals surface area contributed by atoms with Crippen molar-refractivity contribution in [3.05, 3.63) is 35.9 Å². The SMILES string of the molecule is CC(C)(C)N(Cc1ccccc1)C(N)=S. The summed E-state index contributed by atoms with van der Waals surface area (Å²) >= 11 is 5.07. The average molecular weight is 222 g/mol. The second-order valence-electron chi connectivity index (χ2n) is 4.58. The van der Waals surface area contributed by atoms with Gasteiger partial charge in [0.25, 0.3) is 0 Å². The first-order chi connectivity index (χ1) is 6.91. The molecule has 0 aliphatic rings. The molecule has 15 heavy (non-hydrogen) atoms. The van der Waals surface area contributed by atoms with Crippen LogP contribution in [-0.2, 0) is 6.54 Å². The molecule has 0 atom stereocenters. The maximum atomic E-state index is 5.73. The van der Waals surface area contributed by atoms with E-state index >= 15 is 0 Å². The lowest BCUT2D eigenvalue weighted by Crippen LogP contribution is -2.47. The fourth-order valence-electron chi connectivity index (χ4n) is 1.41. The fraction of sp³-hybridized carbons (Fsp3) is 0.417. The number of thiocarbonyl (C=S) groups is 1. The number of hydrogen-bond acceptors (Lipinski definition) is 1. The third-order valence-corrected chi connectivity index (χ3v) is 2.48. The van der Waals surface area contributed by atoms with Crippen molar-refractivity contribution >= 4 is 17.3 Å². The van der Waals surface area contributed by atoms with Gasteiger partial charge in [0.05, 0.1) is 0 Å². The summed E-state index contributed by atoms with van der Waals surface area (Å²) in [6.07, 6.45) is 0. The third kappa shape index (κ3) is 3.51. The number of hydrogen-bond donors (Lipinski definition) is 1. The van der Waals surface area contributed by atoms with Gasteiger partial charge in [-0.15, -0.1) is 0 Å². The van der Waals surface area contributed by atoms with E-state index in [2.05, 4.69) is 32.9 Å². The minimum Gasteiger partial charge on any atom is -0.376 e. The zero-order valence-corrected chi connectivity index (χ0v) is 10.3. The Morgan fingerprint density at radius 3 is 2.20 bits per heavy atom. The molecule has 3 heteroatoms. The Kier molecular flexibility index (Phi) is 3.69. The predicted molar refractivity (Wildman–Crippen MR) is 68.5 cm³/mol. The lowest BCUT2D eigenvalue weighted by atomic mass is 10.1. The van der Waals surface area contributed by atoms with Gasteiger partial charge in [0.15, 0.2) is 5.11 Å². The van der Waals surface area contributed by atoms with E-state index in [4.69, 9.17) is 18.0 Å². The molecule has 2 nitrogen and oxygen atoms in total. The van der Waals surface area contributed by atoms with E-state index in [9.17, 15) is 0 Å². The predicted octanol–water partition coefficient (Wildman–Crippen LogP) is 2.53. The highest BCUT2D eigenvalue weighted by Crippen LogP contribution is 2.16. The minimum absolute atomic E-state index is 0.0400. The van der Waals surface area contributed by atoms with Gasteiger partial charge in [0, 0.05) is 12.1 Å². The monoisotopic (exact) mass is 222 g/mol. The molecule has 0 amide bonds. The number of nitrogens with zero attached hydrogens (tertiary/aromatic N) is 1. The Hall–Kier alpha value is -1.09. The Labute approximate surface area is 97.1 Å². The summed E-state index contributed by atoms with van der Waals surface area (Å²) in [5, 5.41) is 0.450. The van der Waals surface area contributed by atoms with Crippen LogP contribution in [0.25, 0.3) is 0 Å². The standard InChI is InChI=1S/C12H18N2S/c1-12(2,3)14(11(13)15)9-10-7-5-4-6-8-10/h4-8H,9H2,1-3H3,(H2,13,15). The van der Waals surface area contributed by atoms with E-state index in [0.29, 0.717) is 5.11 Å². The Morgan fingerprint density at radius 2 is 1.80 bits per heavy atom. The zero-order chi connectivity index (χ0) is 11.5. The Bertz CT molecular complexity index is 327. The number of benzene rings is 1. The highest BCUT2D eigenvalue weighted by molar-refractivity contribution is 7.80.